The zero-order chi connectivity index (χ0) is 13.9. The van der Waals surface area contributed by atoms with Crippen molar-refractivity contribution in [2.45, 2.75) is 31.0 Å². The number of hydrogen-bond donors (Lipinski definition) is 3. The lowest BCUT2D eigenvalue weighted by atomic mass is 9.90. The van der Waals surface area contributed by atoms with E-state index in [2.05, 4.69) is 10.3 Å². The van der Waals surface area contributed by atoms with Crippen molar-refractivity contribution in [3.8, 4) is 0 Å². The maximum Gasteiger partial charge on any atom is 0.156 e. The molecule has 0 bridgehead atoms. The Hall–Kier alpha value is -0.750. The summed E-state index contributed by atoms with van der Waals surface area (Å²) >= 11 is 6.11. The van der Waals surface area contributed by atoms with E-state index in [-0.39, 0.29) is 23.7 Å². The zero-order valence-corrected chi connectivity index (χ0v) is 11.3. The molecule has 0 unspecified atom stereocenters. The van der Waals surface area contributed by atoms with E-state index in [1.54, 1.807) is 6.07 Å². The Morgan fingerprint density at radius 3 is 2.74 bits per heavy atom. The molecule has 1 saturated heterocycles. The molecule has 2 heterocycles. The molecule has 0 aliphatic carbocycles. The van der Waals surface area contributed by atoms with Gasteiger partial charge in [0.05, 0.1) is 23.4 Å². The molecule has 3 N–H and O–H groups in total. The second-order valence-corrected chi connectivity index (χ2v) is 5.34. The van der Waals surface area contributed by atoms with Gasteiger partial charge in [0.1, 0.15) is 0 Å². The van der Waals surface area contributed by atoms with Crippen molar-refractivity contribution in [1.29, 1.82) is 0 Å². The standard InChI is InChI=1S/C13H18ClFN2O2/c14-11-6-9(5-10(19)8-18)7-17-12(11)13(15)1-3-16-4-2-13/h6-7,10,16,18-19H,1-5,8H2/t10-/m1/s1. The van der Waals surface area contributed by atoms with Gasteiger partial charge in [0, 0.05) is 12.6 Å². The van der Waals surface area contributed by atoms with Crippen LogP contribution < -0.4 is 5.32 Å². The number of alkyl halides is 1. The van der Waals surface area contributed by atoms with Crippen molar-refractivity contribution in [1.82, 2.24) is 10.3 Å². The summed E-state index contributed by atoms with van der Waals surface area (Å²) in [4.78, 5) is 4.13. The molecule has 4 nitrogen and oxygen atoms in total. The summed E-state index contributed by atoms with van der Waals surface area (Å²) in [5.41, 5.74) is -0.512. The summed E-state index contributed by atoms with van der Waals surface area (Å²) in [6.45, 7) is 0.900. The second kappa shape index (κ2) is 6.13. The van der Waals surface area contributed by atoms with E-state index >= 15 is 0 Å². The van der Waals surface area contributed by atoms with Gasteiger partial charge in [-0.1, -0.05) is 11.6 Å². The highest BCUT2D eigenvalue weighted by molar-refractivity contribution is 6.31. The third-order valence-electron chi connectivity index (χ3n) is 3.40. The Balaban J connectivity index is 2.19. The first kappa shape index (κ1) is 14.7. The molecule has 6 heteroatoms. The van der Waals surface area contributed by atoms with E-state index in [0.717, 1.165) is 0 Å². The van der Waals surface area contributed by atoms with Crippen molar-refractivity contribution in [3.05, 3.63) is 28.5 Å². The lowest BCUT2D eigenvalue weighted by molar-refractivity contribution is 0.0952. The average molecular weight is 289 g/mol. The number of aliphatic hydroxyl groups is 2. The predicted molar refractivity (Wildman–Crippen MR) is 70.9 cm³/mol. The smallest absolute Gasteiger partial charge is 0.156 e. The Bertz CT molecular complexity index is 439. The van der Waals surface area contributed by atoms with Crippen molar-refractivity contribution >= 4 is 11.6 Å². The monoisotopic (exact) mass is 288 g/mol. The Labute approximate surface area is 116 Å². The van der Waals surface area contributed by atoms with Crippen molar-refractivity contribution in [3.63, 3.8) is 0 Å². The molecule has 1 aliphatic heterocycles. The Kier molecular flexibility index (Phi) is 4.73. The van der Waals surface area contributed by atoms with Crippen molar-refractivity contribution in [2.24, 2.45) is 0 Å². The fourth-order valence-corrected chi connectivity index (χ4v) is 2.67. The van der Waals surface area contributed by atoms with Crippen LogP contribution in [0.4, 0.5) is 4.39 Å². The number of hydrogen-bond acceptors (Lipinski definition) is 4. The molecular weight excluding hydrogens is 271 g/mol. The van der Waals surface area contributed by atoms with Crippen LogP contribution in [0.15, 0.2) is 12.3 Å². The van der Waals surface area contributed by atoms with E-state index in [4.69, 9.17) is 16.7 Å². The fourth-order valence-electron chi connectivity index (χ4n) is 2.32. The number of nitrogens with one attached hydrogen (secondary N) is 1. The number of halogens is 2. The van der Waals surface area contributed by atoms with Gasteiger partial charge >= 0.3 is 0 Å². The minimum Gasteiger partial charge on any atom is -0.394 e. The normalized spacial score (nSPS) is 20.2. The number of piperidine rings is 1. The molecule has 2 rings (SSSR count). The summed E-state index contributed by atoms with van der Waals surface area (Å²) < 4.78 is 14.7. The highest BCUT2D eigenvalue weighted by Crippen LogP contribution is 2.37. The van der Waals surface area contributed by atoms with Gasteiger partial charge in [-0.2, -0.15) is 0 Å². The minimum absolute atomic E-state index is 0.254. The van der Waals surface area contributed by atoms with Crippen LogP contribution in [0.3, 0.4) is 0 Å². The van der Waals surface area contributed by atoms with Gasteiger partial charge in [0.25, 0.3) is 0 Å². The largest absolute Gasteiger partial charge is 0.394 e. The molecule has 1 atom stereocenters. The quantitative estimate of drug-likeness (QED) is 0.778. The molecule has 0 amide bonds. The molecular formula is C13H18ClFN2O2. The average Bonchev–Trinajstić information content (AvgIpc) is 2.39. The lowest BCUT2D eigenvalue weighted by Gasteiger charge is -2.30. The summed E-state index contributed by atoms with van der Waals surface area (Å²) in [7, 11) is 0. The van der Waals surface area contributed by atoms with Crippen LogP contribution in [0.5, 0.6) is 0 Å². The number of aliphatic hydroxyl groups excluding tert-OH is 2. The second-order valence-electron chi connectivity index (χ2n) is 4.93. The summed E-state index contributed by atoms with van der Waals surface area (Å²) in [6.07, 6.45) is 1.65. The van der Waals surface area contributed by atoms with Gasteiger partial charge in [-0.25, -0.2) is 4.39 Å². The first-order valence-corrected chi connectivity index (χ1v) is 6.76. The first-order chi connectivity index (χ1) is 9.05. The van der Waals surface area contributed by atoms with Gasteiger partial charge in [0.15, 0.2) is 5.67 Å². The molecule has 0 spiro atoms. The third-order valence-corrected chi connectivity index (χ3v) is 3.69. The van der Waals surface area contributed by atoms with Gasteiger partial charge in [-0.3, -0.25) is 4.98 Å². The molecule has 106 valence electrons. The maximum atomic E-state index is 14.7. The van der Waals surface area contributed by atoms with Crippen LogP contribution in [-0.4, -0.2) is 41.0 Å². The van der Waals surface area contributed by atoms with E-state index in [0.29, 0.717) is 31.5 Å². The molecule has 1 aromatic heterocycles. The minimum atomic E-state index is -1.48. The van der Waals surface area contributed by atoms with E-state index in [1.165, 1.54) is 6.20 Å². The number of aromatic nitrogens is 1. The van der Waals surface area contributed by atoms with Crippen molar-refractivity contribution < 1.29 is 14.6 Å². The lowest BCUT2D eigenvalue weighted by Crippen LogP contribution is -2.37. The fraction of sp³-hybridized carbons (Fsp3) is 0.615. The van der Waals surface area contributed by atoms with E-state index in [1.807, 2.05) is 0 Å². The number of rotatable bonds is 4. The SMILES string of the molecule is OC[C@H](O)Cc1cnc(C2(F)CCNCC2)c(Cl)c1. The molecule has 1 aromatic rings. The van der Waals surface area contributed by atoms with E-state index in [9.17, 15) is 9.50 Å². The van der Waals surface area contributed by atoms with Crippen LogP contribution in [0.25, 0.3) is 0 Å². The zero-order valence-electron chi connectivity index (χ0n) is 10.6. The predicted octanol–water partition coefficient (Wildman–Crippen LogP) is 1.18. The Morgan fingerprint density at radius 2 is 2.16 bits per heavy atom. The van der Waals surface area contributed by atoms with Crippen molar-refractivity contribution in [2.75, 3.05) is 19.7 Å². The van der Waals surface area contributed by atoms with Crippen LogP contribution in [0, 0.1) is 0 Å². The first-order valence-electron chi connectivity index (χ1n) is 6.38. The molecule has 0 saturated carbocycles. The number of nitrogens with zero attached hydrogens (tertiary/aromatic N) is 1. The summed E-state index contributed by atoms with van der Waals surface area (Å²) in [6, 6.07) is 1.62. The van der Waals surface area contributed by atoms with Crippen LogP contribution in [0.1, 0.15) is 24.1 Å². The molecule has 0 radical (unpaired) electrons. The topological polar surface area (TPSA) is 65.4 Å². The highest BCUT2D eigenvalue weighted by atomic mass is 35.5. The van der Waals surface area contributed by atoms with Gasteiger partial charge in [-0.15, -0.1) is 0 Å². The third kappa shape index (κ3) is 3.42. The van der Waals surface area contributed by atoms with E-state index < -0.39 is 11.8 Å². The maximum absolute atomic E-state index is 14.7. The summed E-state index contributed by atoms with van der Waals surface area (Å²) in [5, 5.41) is 21.5. The van der Waals surface area contributed by atoms with Gasteiger partial charge < -0.3 is 15.5 Å². The van der Waals surface area contributed by atoms with Crippen LogP contribution in [-0.2, 0) is 12.1 Å². The van der Waals surface area contributed by atoms with Crippen LogP contribution in [0.2, 0.25) is 5.02 Å². The molecule has 19 heavy (non-hydrogen) atoms. The molecule has 1 fully saturated rings. The van der Waals surface area contributed by atoms with Gasteiger partial charge in [-0.05, 0) is 37.6 Å². The number of pyridine rings is 1. The summed E-state index contributed by atoms with van der Waals surface area (Å²) in [5.74, 6) is 0. The van der Waals surface area contributed by atoms with Crippen LogP contribution >= 0.6 is 11.6 Å². The Morgan fingerprint density at radius 1 is 1.47 bits per heavy atom. The molecule has 0 aromatic carbocycles. The van der Waals surface area contributed by atoms with Gasteiger partial charge in [0.2, 0.25) is 0 Å². The highest BCUT2D eigenvalue weighted by Gasteiger charge is 2.36. The molecule has 1 aliphatic rings.